The van der Waals surface area contributed by atoms with Crippen LogP contribution in [0.15, 0.2) is 89.1 Å². The summed E-state index contributed by atoms with van der Waals surface area (Å²) in [5, 5.41) is 5.46. The summed E-state index contributed by atoms with van der Waals surface area (Å²) in [5.74, 6) is -0.618. The molecule has 2 heterocycles. The average Bonchev–Trinajstić information content (AvgIpc) is 3.10. The Morgan fingerprint density at radius 3 is 2.30 bits per heavy atom. The van der Waals surface area contributed by atoms with Crippen molar-refractivity contribution in [3.63, 3.8) is 0 Å². The van der Waals surface area contributed by atoms with Gasteiger partial charge in [0.2, 0.25) is 5.91 Å². The molecule has 1 unspecified atom stereocenters. The minimum Gasteiger partial charge on any atom is -0.303 e. The lowest BCUT2D eigenvalue weighted by molar-refractivity contribution is -0.119. The maximum atomic E-state index is 13.2. The molecule has 0 spiro atoms. The smallest absolute Gasteiger partial charge is 0.267 e. The first-order valence-electron chi connectivity index (χ1n) is 9.35. The minimum absolute atomic E-state index is 0.194. The summed E-state index contributed by atoms with van der Waals surface area (Å²) in [6.45, 7) is -0.307. The van der Waals surface area contributed by atoms with Crippen LogP contribution in [0, 0.1) is 0 Å². The zero-order valence-electron chi connectivity index (χ0n) is 16.0. The number of hydrogen-bond acceptors (Lipinski definition) is 5. The molecule has 4 rings (SSSR count). The van der Waals surface area contributed by atoms with Crippen molar-refractivity contribution >= 4 is 21.4 Å². The van der Waals surface area contributed by atoms with Gasteiger partial charge in [0.15, 0.2) is 9.84 Å². The van der Waals surface area contributed by atoms with Crippen LogP contribution >= 0.6 is 0 Å². The Balaban J connectivity index is 1.67. The van der Waals surface area contributed by atoms with Crippen LogP contribution in [0.5, 0.6) is 0 Å². The van der Waals surface area contributed by atoms with Gasteiger partial charge in [-0.3, -0.25) is 9.59 Å². The molecule has 0 saturated carbocycles. The van der Waals surface area contributed by atoms with Gasteiger partial charge in [0, 0.05) is 22.7 Å². The van der Waals surface area contributed by atoms with Crippen LogP contribution in [0.1, 0.15) is 0 Å². The molecule has 7 nitrogen and oxygen atoms in total. The Morgan fingerprint density at radius 2 is 1.67 bits per heavy atom. The van der Waals surface area contributed by atoms with Gasteiger partial charge in [-0.2, -0.15) is 5.10 Å². The quantitative estimate of drug-likeness (QED) is 0.630. The number of amides is 1. The van der Waals surface area contributed by atoms with E-state index in [0.717, 1.165) is 15.7 Å². The van der Waals surface area contributed by atoms with Crippen molar-refractivity contribution in [2.24, 2.45) is 0 Å². The second-order valence-corrected chi connectivity index (χ2v) is 8.84. The highest BCUT2D eigenvalue weighted by Crippen LogP contribution is 2.23. The van der Waals surface area contributed by atoms with Gasteiger partial charge in [0.05, 0.1) is 17.5 Å². The Bertz CT molecular complexity index is 1250. The monoisotopic (exact) mass is 421 g/mol. The van der Waals surface area contributed by atoms with E-state index in [1.165, 1.54) is 17.0 Å². The normalized spacial score (nSPS) is 17.0. The van der Waals surface area contributed by atoms with E-state index < -0.39 is 27.3 Å². The first-order valence-corrected chi connectivity index (χ1v) is 11.1. The zero-order chi connectivity index (χ0) is 21.1. The van der Waals surface area contributed by atoms with Gasteiger partial charge in [0.1, 0.15) is 6.54 Å². The topological polar surface area (TPSA) is 89.3 Å². The van der Waals surface area contributed by atoms with Crippen molar-refractivity contribution in [1.29, 1.82) is 0 Å². The maximum Gasteiger partial charge on any atom is 0.267 e. The number of carbonyl (C=O) groups is 1. The second kappa shape index (κ2) is 8.08. The summed E-state index contributed by atoms with van der Waals surface area (Å²) in [4.78, 5) is 27.0. The summed E-state index contributed by atoms with van der Waals surface area (Å²) in [5.41, 5.74) is 1.54. The Morgan fingerprint density at radius 1 is 1.00 bits per heavy atom. The van der Waals surface area contributed by atoms with Gasteiger partial charge in [-0.05, 0) is 24.3 Å². The molecule has 3 aromatic rings. The lowest BCUT2D eigenvalue weighted by Gasteiger charge is -2.27. The number of benzene rings is 2. The van der Waals surface area contributed by atoms with Crippen molar-refractivity contribution in [1.82, 2.24) is 9.78 Å². The molecule has 2 aromatic carbocycles. The molecule has 0 aliphatic carbocycles. The lowest BCUT2D eigenvalue weighted by atomic mass is 10.1. The highest BCUT2D eigenvalue weighted by molar-refractivity contribution is 7.94. The average molecular weight is 421 g/mol. The summed E-state index contributed by atoms with van der Waals surface area (Å²) in [7, 11) is -3.36. The molecule has 1 aliphatic rings. The van der Waals surface area contributed by atoms with E-state index in [0.29, 0.717) is 11.4 Å². The summed E-state index contributed by atoms with van der Waals surface area (Å²) < 4.78 is 24.9. The first-order chi connectivity index (χ1) is 14.4. The Hall–Kier alpha value is -3.52. The standard InChI is InChI=1S/C22H19N3O4S/c26-21-12-11-20(17-7-3-1-4-8-17)23-24(21)15-22(27)25(18-9-5-2-6-10-18)19-13-14-30(28,29)16-19/h1-14,19H,15-16H2. The Labute approximate surface area is 173 Å². The molecule has 30 heavy (non-hydrogen) atoms. The van der Waals surface area contributed by atoms with E-state index in [4.69, 9.17) is 0 Å². The van der Waals surface area contributed by atoms with E-state index >= 15 is 0 Å². The van der Waals surface area contributed by atoms with Crippen molar-refractivity contribution in [3.8, 4) is 11.3 Å². The number of carbonyl (C=O) groups excluding carboxylic acids is 1. The summed E-state index contributed by atoms with van der Waals surface area (Å²) in [6.07, 6.45) is 1.50. The largest absolute Gasteiger partial charge is 0.303 e. The maximum absolute atomic E-state index is 13.2. The number of nitrogens with zero attached hydrogens (tertiary/aromatic N) is 3. The first kappa shape index (κ1) is 19.8. The van der Waals surface area contributed by atoms with Crippen LogP contribution < -0.4 is 10.5 Å². The Kier molecular flexibility index (Phi) is 5.33. The van der Waals surface area contributed by atoms with Gasteiger partial charge in [0.25, 0.3) is 5.56 Å². The second-order valence-electron chi connectivity index (χ2n) is 6.91. The molecule has 0 saturated heterocycles. The number of anilines is 1. The van der Waals surface area contributed by atoms with E-state index in [1.54, 1.807) is 30.3 Å². The van der Waals surface area contributed by atoms with E-state index in [1.807, 2.05) is 36.4 Å². The molecule has 1 atom stereocenters. The lowest BCUT2D eigenvalue weighted by Crippen LogP contribution is -2.44. The molecule has 0 N–H and O–H groups in total. The van der Waals surface area contributed by atoms with Gasteiger partial charge in [-0.15, -0.1) is 0 Å². The van der Waals surface area contributed by atoms with Crippen molar-refractivity contribution in [2.75, 3.05) is 10.7 Å². The fraction of sp³-hybridized carbons (Fsp3) is 0.136. The molecule has 1 aromatic heterocycles. The van der Waals surface area contributed by atoms with Crippen LogP contribution in [0.2, 0.25) is 0 Å². The summed E-state index contributed by atoms with van der Waals surface area (Å²) >= 11 is 0. The van der Waals surface area contributed by atoms with Crippen molar-refractivity contribution in [3.05, 3.63) is 94.6 Å². The predicted molar refractivity (Wildman–Crippen MR) is 115 cm³/mol. The number of rotatable bonds is 5. The SMILES string of the molecule is O=C(Cn1nc(-c2ccccc2)ccc1=O)N(c1ccccc1)C1C=CS(=O)(=O)C1. The van der Waals surface area contributed by atoms with Crippen LogP contribution in [0.4, 0.5) is 5.69 Å². The van der Waals surface area contributed by atoms with E-state index in [9.17, 15) is 18.0 Å². The van der Waals surface area contributed by atoms with Crippen molar-refractivity contribution < 1.29 is 13.2 Å². The third-order valence-electron chi connectivity index (χ3n) is 4.77. The van der Waals surface area contributed by atoms with E-state index in [-0.39, 0.29) is 12.3 Å². The molecule has 0 radical (unpaired) electrons. The number of hydrogen-bond donors (Lipinski definition) is 0. The van der Waals surface area contributed by atoms with Gasteiger partial charge < -0.3 is 4.90 Å². The third-order valence-corrected chi connectivity index (χ3v) is 6.14. The van der Waals surface area contributed by atoms with Gasteiger partial charge in [-0.25, -0.2) is 13.1 Å². The van der Waals surface area contributed by atoms with Crippen LogP contribution in [-0.4, -0.2) is 35.9 Å². The molecular weight excluding hydrogens is 402 g/mol. The molecule has 1 aliphatic heterocycles. The van der Waals surface area contributed by atoms with Crippen molar-refractivity contribution in [2.45, 2.75) is 12.6 Å². The fourth-order valence-electron chi connectivity index (χ4n) is 3.36. The third kappa shape index (κ3) is 4.23. The highest BCUT2D eigenvalue weighted by Gasteiger charge is 2.31. The van der Waals surface area contributed by atoms with E-state index in [2.05, 4.69) is 5.10 Å². The number of para-hydroxylation sites is 1. The zero-order valence-corrected chi connectivity index (χ0v) is 16.8. The van der Waals surface area contributed by atoms with Crippen LogP contribution in [0.25, 0.3) is 11.3 Å². The fourth-order valence-corrected chi connectivity index (χ4v) is 4.63. The number of aromatic nitrogens is 2. The molecule has 0 fully saturated rings. The molecule has 1 amide bonds. The predicted octanol–water partition coefficient (Wildman–Crippen LogP) is 2.25. The van der Waals surface area contributed by atoms with Crippen LogP contribution in [0.3, 0.4) is 0 Å². The molecule has 152 valence electrons. The molecular formula is C22H19N3O4S. The highest BCUT2D eigenvalue weighted by atomic mass is 32.2. The molecule has 8 heteroatoms. The summed E-state index contributed by atoms with van der Waals surface area (Å²) in [6, 6.07) is 20.5. The number of sulfone groups is 1. The molecule has 0 bridgehead atoms. The van der Waals surface area contributed by atoms with Gasteiger partial charge in [-0.1, -0.05) is 48.5 Å². The minimum atomic E-state index is -3.36. The van der Waals surface area contributed by atoms with Crippen LogP contribution in [-0.2, 0) is 21.2 Å². The van der Waals surface area contributed by atoms with Gasteiger partial charge >= 0.3 is 0 Å².